The molecule has 1 aromatic carbocycles. The number of cyclic esters (lactones) is 1. The minimum absolute atomic E-state index is 0.0515. The Balaban J connectivity index is 1.18. The van der Waals surface area contributed by atoms with Crippen molar-refractivity contribution in [3.63, 3.8) is 0 Å². The third-order valence-electron chi connectivity index (χ3n) is 6.83. The molecule has 4 heterocycles. The molecular weight excluding hydrogens is 404 g/mol. The molecule has 170 valence electrons. The quantitative estimate of drug-likeness (QED) is 0.745. The number of fused-ring (bicyclic) bond motifs is 1. The van der Waals surface area contributed by atoms with Crippen LogP contribution in [0.2, 0.25) is 0 Å². The number of hydrogen-bond acceptors (Lipinski definition) is 7. The van der Waals surface area contributed by atoms with Crippen molar-refractivity contribution in [3.05, 3.63) is 47.7 Å². The first-order valence-corrected chi connectivity index (χ1v) is 11.7. The highest BCUT2D eigenvalue weighted by Gasteiger charge is 2.28. The van der Waals surface area contributed by atoms with Crippen molar-refractivity contribution in [2.24, 2.45) is 0 Å². The molecule has 0 saturated carbocycles. The van der Waals surface area contributed by atoms with Gasteiger partial charge in [0.15, 0.2) is 0 Å². The van der Waals surface area contributed by atoms with Crippen LogP contribution in [0.4, 0.5) is 16.6 Å². The van der Waals surface area contributed by atoms with Gasteiger partial charge in [-0.2, -0.15) is 4.98 Å². The number of aromatic nitrogens is 2. The predicted octanol–water partition coefficient (Wildman–Crippen LogP) is 3.28. The molecule has 3 saturated heterocycles. The van der Waals surface area contributed by atoms with Gasteiger partial charge in [-0.15, -0.1) is 0 Å². The Morgan fingerprint density at radius 3 is 2.81 bits per heavy atom. The molecule has 2 atom stereocenters. The average Bonchev–Trinajstić information content (AvgIpc) is 3.25. The van der Waals surface area contributed by atoms with Crippen molar-refractivity contribution in [3.8, 4) is 0 Å². The molecule has 3 fully saturated rings. The minimum Gasteiger partial charge on any atom is -0.447 e. The number of rotatable bonds is 6. The summed E-state index contributed by atoms with van der Waals surface area (Å²) in [7, 11) is 0. The maximum atomic E-state index is 11.8. The van der Waals surface area contributed by atoms with E-state index in [1.807, 2.05) is 0 Å². The van der Waals surface area contributed by atoms with Crippen molar-refractivity contribution >= 4 is 17.9 Å². The lowest BCUT2D eigenvalue weighted by Crippen LogP contribution is -2.54. The zero-order valence-electron chi connectivity index (χ0n) is 18.7. The van der Waals surface area contributed by atoms with Gasteiger partial charge in [0.25, 0.3) is 0 Å². The van der Waals surface area contributed by atoms with Crippen LogP contribution in [0.15, 0.2) is 36.5 Å². The highest BCUT2D eigenvalue weighted by Crippen LogP contribution is 2.24. The van der Waals surface area contributed by atoms with Crippen molar-refractivity contribution in [1.29, 1.82) is 0 Å². The van der Waals surface area contributed by atoms with E-state index in [0.717, 1.165) is 19.1 Å². The molecule has 8 heteroatoms. The van der Waals surface area contributed by atoms with Crippen LogP contribution in [-0.4, -0.2) is 71.2 Å². The largest absolute Gasteiger partial charge is 0.447 e. The summed E-state index contributed by atoms with van der Waals surface area (Å²) in [5.41, 5.74) is 2.54. The van der Waals surface area contributed by atoms with E-state index in [9.17, 15) is 4.79 Å². The minimum atomic E-state index is -0.358. The number of anilines is 2. The predicted molar refractivity (Wildman–Crippen MR) is 124 cm³/mol. The summed E-state index contributed by atoms with van der Waals surface area (Å²) >= 11 is 0. The molecule has 1 aromatic heterocycles. The number of benzene rings is 1. The molecule has 0 spiro atoms. The smallest absolute Gasteiger partial charge is 0.415 e. The fourth-order valence-electron chi connectivity index (χ4n) is 4.98. The van der Waals surface area contributed by atoms with Crippen LogP contribution in [0.1, 0.15) is 43.4 Å². The number of hydrogen-bond donors (Lipinski definition) is 1. The fourth-order valence-corrected chi connectivity index (χ4v) is 4.98. The van der Waals surface area contributed by atoms with Crippen LogP contribution in [-0.2, 0) is 11.3 Å². The van der Waals surface area contributed by atoms with Crippen LogP contribution < -0.4 is 10.2 Å². The Labute approximate surface area is 189 Å². The van der Waals surface area contributed by atoms with Crippen LogP contribution in [0.25, 0.3) is 0 Å². The maximum absolute atomic E-state index is 11.8. The Morgan fingerprint density at radius 2 is 2.00 bits per heavy atom. The molecule has 1 N–H and O–H groups in total. The molecule has 1 amide bonds. The van der Waals surface area contributed by atoms with Gasteiger partial charge in [0.1, 0.15) is 12.4 Å². The van der Waals surface area contributed by atoms with Gasteiger partial charge < -0.3 is 10.1 Å². The third kappa shape index (κ3) is 4.71. The van der Waals surface area contributed by atoms with E-state index >= 15 is 0 Å². The maximum Gasteiger partial charge on any atom is 0.415 e. The monoisotopic (exact) mass is 436 g/mol. The van der Waals surface area contributed by atoms with E-state index in [4.69, 9.17) is 4.74 Å². The summed E-state index contributed by atoms with van der Waals surface area (Å²) in [5.74, 6) is 1.06. The molecule has 8 nitrogen and oxygen atoms in total. The van der Waals surface area contributed by atoms with Gasteiger partial charge in [-0.3, -0.25) is 14.7 Å². The zero-order chi connectivity index (χ0) is 21.9. The summed E-state index contributed by atoms with van der Waals surface area (Å²) in [4.78, 5) is 27.4. The standard InChI is InChI=1S/C24H32N6O2/c1-18(26-23-25-10-9-22(27-23)30-14-15-32-24(30)31)20-7-5-19(6-8-20)16-28-12-13-29-11-3-2-4-21(29)17-28/h5-10,18,21H,2-4,11-17H2,1H3,(H,25,26,27). The van der Waals surface area contributed by atoms with Gasteiger partial charge in [-0.25, -0.2) is 9.78 Å². The van der Waals surface area contributed by atoms with Gasteiger partial charge in [-0.05, 0) is 43.5 Å². The van der Waals surface area contributed by atoms with Gasteiger partial charge in [0, 0.05) is 38.4 Å². The molecule has 5 rings (SSSR count). The number of amides is 1. The summed E-state index contributed by atoms with van der Waals surface area (Å²) < 4.78 is 5.00. The highest BCUT2D eigenvalue weighted by atomic mass is 16.6. The van der Waals surface area contributed by atoms with Gasteiger partial charge in [-0.1, -0.05) is 30.7 Å². The second-order valence-corrected chi connectivity index (χ2v) is 9.03. The molecule has 3 aliphatic heterocycles. The van der Waals surface area contributed by atoms with E-state index in [1.54, 1.807) is 12.3 Å². The molecule has 0 aliphatic carbocycles. The van der Waals surface area contributed by atoms with Crippen LogP contribution >= 0.6 is 0 Å². The molecule has 2 aromatic rings. The van der Waals surface area contributed by atoms with Gasteiger partial charge >= 0.3 is 6.09 Å². The second-order valence-electron chi connectivity index (χ2n) is 9.03. The van der Waals surface area contributed by atoms with Crippen LogP contribution in [0.3, 0.4) is 0 Å². The van der Waals surface area contributed by atoms with E-state index in [-0.39, 0.29) is 12.1 Å². The Morgan fingerprint density at radius 1 is 1.12 bits per heavy atom. The lowest BCUT2D eigenvalue weighted by atomic mass is 9.99. The first-order chi connectivity index (χ1) is 15.7. The first-order valence-electron chi connectivity index (χ1n) is 11.7. The number of nitrogens with zero attached hydrogens (tertiary/aromatic N) is 5. The van der Waals surface area contributed by atoms with Crippen molar-refractivity contribution in [1.82, 2.24) is 19.8 Å². The second kappa shape index (κ2) is 9.42. The number of piperidine rings is 1. The van der Waals surface area contributed by atoms with E-state index in [1.165, 1.54) is 54.9 Å². The SMILES string of the molecule is CC(Nc1nccc(N2CCOC2=O)n1)c1ccc(CN2CCN3CCCCC3C2)cc1. The number of carbonyl (C=O) groups is 1. The molecule has 3 aliphatic rings. The van der Waals surface area contributed by atoms with Crippen molar-refractivity contribution in [2.45, 2.75) is 44.8 Å². The Bertz CT molecular complexity index is 936. The van der Waals surface area contributed by atoms with Crippen molar-refractivity contribution in [2.75, 3.05) is 49.5 Å². The third-order valence-corrected chi connectivity index (χ3v) is 6.83. The number of ether oxygens (including phenoxy) is 1. The molecule has 0 bridgehead atoms. The average molecular weight is 437 g/mol. The Hall–Kier alpha value is -2.71. The van der Waals surface area contributed by atoms with Crippen molar-refractivity contribution < 1.29 is 9.53 Å². The molecule has 2 unspecified atom stereocenters. The number of carbonyl (C=O) groups excluding carboxylic acids is 1. The van der Waals surface area contributed by atoms with Gasteiger partial charge in [0.2, 0.25) is 5.95 Å². The lowest BCUT2D eigenvalue weighted by Gasteiger charge is -2.44. The summed E-state index contributed by atoms with van der Waals surface area (Å²) in [5, 5.41) is 3.35. The van der Waals surface area contributed by atoms with Gasteiger partial charge in [0.05, 0.1) is 12.6 Å². The number of nitrogens with one attached hydrogen (secondary N) is 1. The summed E-state index contributed by atoms with van der Waals surface area (Å²) in [6.45, 7) is 8.87. The summed E-state index contributed by atoms with van der Waals surface area (Å²) in [6.07, 6.45) is 5.40. The Kier molecular flexibility index (Phi) is 6.23. The molecule has 32 heavy (non-hydrogen) atoms. The summed E-state index contributed by atoms with van der Waals surface area (Å²) in [6, 6.07) is 11.4. The zero-order valence-corrected chi connectivity index (χ0v) is 18.7. The first kappa shape index (κ1) is 21.2. The molecular formula is C24H32N6O2. The topological polar surface area (TPSA) is 73.8 Å². The van der Waals surface area contributed by atoms with Crippen LogP contribution in [0.5, 0.6) is 0 Å². The fraction of sp³-hybridized carbons (Fsp3) is 0.542. The van der Waals surface area contributed by atoms with E-state index in [2.05, 4.69) is 56.3 Å². The van der Waals surface area contributed by atoms with E-state index in [0.29, 0.717) is 24.9 Å². The van der Waals surface area contributed by atoms with E-state index < -0.39 is 0 Å². The van der Waals surface area contributed by atoms with Crippen LogP contribution in [0, 0.1) is 0 Å². The number of piperazine rings is 1. The highest BCUT2D eigenvalue weighted by molar-refractivity contribution is 5.88. The lowest BCUT2D eigenvalue weighted by molar-refractivity contribution is 0.0457. The molecule has 0 radical (unpaired) electrons. The normalized spacial score (nSPS) is 23.0.